The van der Waals surface area contributed by atoms with Crippen molar-refractivity contribution < 1.29 is 4.74 Å². The normalized spacial score (nSPS) is 12.7. The van der Waals surface area contributed by atoms with Crippen molar-refractivity contribution >= 4 is 5.96 Å². The highest BCUT2D eigenvalue weighted by molar-refractivity contribution is 5.79. The molecule has 1 atom stereocenters. The van der Waals surface area contributed by atoms with E-state index in [0.29, 0.717) is 0 Å². The molecule has 2 rings (SSSR count). The number of aryl methyl sites for hydroxylation is 1. The van der Waals surface area contributed by atoms with E-state index >= 15 is 0 Å². The van der Waals surface area contributed by atoms with E-state index in [2.05, 4.69) is 71.0 Å². The summed E-state index contributed by atoms with van der Waals surface area (Å²) in [7, 11) is 7.68. The summed E-state index contributed by atoms with van der Waals surface area (Å²) in [5, 5.41) is 6.84. The molecule has 27 heavy (non-hydrogen) atoms. The first-order valence-electron chi connectivity index (χ1n) is 9.43. The Morgan fingerprint density at radius 3 is 2.41 bits per heavy atom. The summed E-state index contributed by atoms with van der Waals surface area (Å²) in [6.07, 6.45) is 2.13. The molecule has 2 N–H and O–H groups in total. The van der Waals surface area contributed by atoms with Crippen molar-refractivity contribution in [3.05, 3.63) is 65.7 Å². The van der Waals surface area contributed by atoms with E-state index in [9.17, 15) is 0 Å². The van der Waals surface area contributed by atoms with Crippen LogP contribution in [0.3, 0.4) is 0 Å². The largest absolute Gasteiger partial charge is 0.496 e. The van der Waals surface area contributed by atoms with Gasteiger partial charge in [-0.2, -0.15) is 0 Å². The van der Waals surface area contributed by atoms with Crippen LogP contribution in [0, 0.1) is 0 Å². The summed E-state index contributed by atoms with van der Waals surface area (Å²) in [4.78, 5) is 6.53. The van der Waals surface area contributed by atoms with Gasteiger partial charge in [-0.15, -0.1) is 0 Å². The molecule has 0 fully saturated rings. The van der Waals surface area contributed by atoms with Crippen molar-refractivity contribution in [2.45, 2.75) is 18.9 Å². The van der Waals surface area contributed by atoms with E-state index in [4.69, 9.17) is 4.74 Å². The molecule has 1 unspecified atom stereocenters. The van der Waals surface area contributed by atoms with E-state index in [1.54, 1.807) is 14.2 Å². The van der Waals surface area contributed by atoms with Crippen molar-refractivity contribution in [2.24, 2.45) is 4.99 Å². The molecule has 2 aromatic rings. The van der Waals surface area contributed by atoms with Crippen LogP contribution in [0.2, 0.25) is 0 Å². The third-order valence-electron chi connectivity index (χ3n) is 4.59. The number of hydrogen-bond donors (Lipinski definition) is 2. The summed E-state index contributed by atoms with van der Waals surface area (Å²) in [6, 6.07) is 18.9. The van der Waals surface area contributed by atoms with Gasteiger partial charge in [-0.1, -0.05) is 48.5 Å². The summed E-state index contributed by atoms with van der Waals surface area (Å²) in [5.41, 5.74) is 2.53. The molecular formula is C22H32N4O. The molecular weight excluding hydrogens is 336 g/mol. The van der Waals surface area contributed by atoms with Crippen LogP contribution in [0.25, 0.3) is 0 Å². The molecule has 146 valence electrons. The number of ether oxygens (including phenoxy) is 1. The SMILES string of the molecule is CN=C(NCCCc1ccccc1)NCC(c1ccccc1OC)N(C)C. The topological polar surface area (TPSA) is 48.9 Å². The van der Waals surface area contributed by atoms with E-state index < -0.39 is 0 Å². The summed E-state index contributed by atoms with van der Waals surface area (Å²) >= 11 is 0. The Hall–Kier alpha value is -2.53. The van der Waals surface area contributed by atoms with Crippen molar-refractivity contribution in [3.8, 4) is 5.75 Å². The number of para-hydroxylation sites is 1. The minimum absolute atomic E-state index is 0.184. The molecule has 0 aliphatic heterocycles. The Balaban J connectivity index is 1.85. The van der Waals surface area contributed by atoms with Gasteiger partial charge in [-0.3, -0.25) is 4.99 Å². The number of aliphatic imine (C=N–C) groups is 1. The molecule has 0 aliphatic rings. The van der Waals surface area contributed by atoms with Gasteiger partial charge in [0.2, 0.25) is 0 Å². The van der Waals surface area contributed by atoms with Crippen LogP contribution >= 0.6 is 0 Å². The van der Waals surface area contributed by atoms with Crippen LogP contribution in [0.15, 0.2) is 59.6 Å². The summed E-state index contributed by atoms with van der Waals surface area (Å²) in [6.45, 7) is 1.63. The summed E-state index contributed by atoms with van der Waals surface area (Å²) < 4.78 is 5.53. The van der Waals surface area contributed by atoms with Crippen molar-refractivity contribution in [3.63, 3.8) is 0 Å². The van der Waals surface area contributed by atoms with Crippen molar-refractivity contribution in [1.82, 2.24) is 15.5 Å². The average Bonchev–Trinajstić information content (AvgIpc) is 2.70. The molecule has 5 heteroatoms. The van der Waals surface area contributed by atoms with Gasteiger partial charge in [0.15, 0.2) is 5.96 Å². The number of guanidine groups is 1. The molecule has 0 aromatic heterocycles. The minimum atomic E-state index is 0.184. The van der Waals surface area contributed by atoms with Crippen LogP contribution < -0.4 is 15.4 Å². The van der Waals surface area contributed by atoms with Crippen LogP contribution in [-0.2, 0) is 6.42 Å². The zero-order valence-corrected chi connectivity index (χ0v) is 16.9. The zero-order valence-electron chi connectivity index (χ0n) is 16.9. The third-order valence-corrected chi connectivity index (χ3v) is 4.59. The molecule has 0 aliphatic carbocycles. The maximum atomic E-state index is 5.53. The fourth-order valence-corrected chi connectivity index (χ4v) is 3.07. The third kappa shape index (κ3) is 6.61. The fraction of sp³-hybridized carbons (Fsp3) is 0.409. The van der Waals surface area contributed by atoms with Gasteiger partial charge < -0.3 is 20.3 Å². The number of hydrogen-bond acceptors (Lipinski definition) is 3. The highest BCUT2D eigenvalue weighted by atomic mass is 16.5. The molecule has 0 amide bonds. The van der Waals surface area contributed by atoms with Crippen LogP contribution in [-0.4, -0.2) is 52.2 Å². The molecule has 0 heterocycles. The fourth-order valence-electron chi connectivity index (χ4n) is 3.07. The number of nitrogens with one attached hydrogen (secondary N) is 2. The molecule has 0 bridgehead atoms. The maximum absolute atomic E-state index is 5.53. The van der Waals surface area contributed by atoms with Gasteiger partial charge in [0.25, 0.3) is 0 Å². The predicted octanol–water partition coefficient (Wildman–Crippen LogP) is 3.10. The Morgan fingerprint density at radius 1 is 1.04 bits per heavy atom. The quantitative estimate of drug-likeness (QED) is 0.406. The second kappa shape index (κ2) is 11.2. The van der Waals surface area contributed by atoms with E-state index in [-0.39, 0.29) is 6.04 Å². The second-order valence-electron chi connectivity index (χ2n) is 6.69. The first-order chi connectivity index (χ1) is 13.2. The number of rotatable bonds is 9. The molecule has 5 nitrogen and oxygen atoms in total. The highest BCUT2D eigenvalue weighted by Crippen LogP contribution is 2.27. The predicted molar refractivity (Wildman–Crippen MR) is 114 cm³/mol. The molecule has 0 saturated heterocycles. The standard InChI is InChI=1S/C22H32N4O/c1-23-22(24-16-10-13-18-11-6-5-7-12-18)25-17-20(26(2)3)19-14-8-9-15-21(19)27-4/h5-9,11-12,14-15,20H,10,13,16-17H2,1-4H3,(H2,23,24,25). The Morgan fingerprint density at radius 2 is 1.74 bits per heavy atom. The van der Waals surface area contributed by atoms with E-state index in [1.165, 1.54) is 5.56 Å². The average molecular weight is 369 g/mol. The number of methoxy groups -OCH3 is 1. The van der Waals surface area contributed by atoms with Gasteiger partial charge in [-0.05, 0) is 38.6 Å². The van der Waals surface area contributed by atoms with Crippen molar-refractivity contribution in [2.75, 3.05) is 41.3 Å². The molecule has 0 spiro atoms. The van der Waals surface area contributed by atoms with E-state index in [0.717, 1.165) is 43.2 Å². The van der Waals surface area contributed by atoms with Crippen LogP contribution in [0.1, 0.15) is 23.6 Å². The van der Waals surface area contributed by atoms with Gasteiger partial charge >= 0.3 is 0 Å². The number of nitrogens with zero attached hydrogens (tertiary/aromatic N) is 2. The molecule has 2 aromatic carbocycles. The van der Waals surface area contributed by atoms with Gasteiger partial charge in [0.1, 0.15) is 5.75 Å². The lowest BCUT2D eigenvalue weighted by Crippen LogP contribution is -2.42. The Bertz CT molecular complexity index is 700. The van der Waals surface area contributed by atoms with Crippen molar-refractivity contribution in [1.29, 1.82) is 0 Å². The molecule has 0 radical (unpaired) electrons. The molecule has 0 saturated carbocycles. The smallest absolute Gasteiger partial charge is 0.191 e. The lowest BCUT2D eigenvalue weighted by atomic mass is 10.0. The summed E-state index contributed by atoms with van der Waals surface area (Å²) in [5.74, 6) is 1.73. The van der Waals surface area contributed by atoms with Gasteiger partial charge in [0.05, 0.1) is 13.2 Å². The first-order valence-corrected chi connectivity index (χ1v) is 9.43. The first kappa shape index (κ1) is 20.8. The van der Waals surface area contributed by atoms with E-state index in [1.807, 2.05) is 18.2 Å². The van der Waals surface area contributed by atoms with Crippen LogP contribution in [0.4, 0.5) is 0 Å². The Labute approximate surface area is 163 Å². The number of likely N-dealkylation sites (N-methyl/N-ethyl adjacent to an activating group) is 1. The maximum Gasteiger partial charge on any atom is 0.191 e. The minimum Gasteiger partial charge on any atom is -0.496 e. The lowest BCUT2D eigenvalue weighted by Gasteiger charge is -2.27. The van der Waals surface area contributed by atoms with Gasteiger partial charge in [-0.25, -0.2) is 0 Å². The zero-order chi connectivity index (χ0) is 19.5. The number of benzene rings is 2. The lowest BCUT2D eigenvalue weighted by molar-refractivity contribution is 0.287. The Kier molecular flexibility index (Phi) is 8.65. The van der Waals surface area contributed by atoms with Crippen LogP contribution in [0.5, 0.6) is 5.75 Å². The highest BCUT2D eigenvalue weighted by Gasteiger charge is 2.18. The second-order valence-corrected chi connectivity index (χ2v) is 6.69. The van der Waals surface area contributed by atoms with Gasteiger partial charge in [0, 0.05) is 25.7 Å². The monoisotopic (exact) mass is 368 g/mol.